The standard InChI is InChI=1S/C29H25N7O2S/c1-18-32-25-15-20(3-5-23(25)29(38)33-18)24-14-21(4-6-26(24)39-17-22-8-10-35(2)34-22)28(37)31-16-19-7-11-36-12-9-30-27(36)13-19/h3-15H,16-17H2,1-2H3,(H,31,37)(H,32,33,38). The summed E-state index contributed by atoms with van der Waals surface area (Å²) in [7, 11) is 1.89. The van der Waals surface area contributed by atoms with Gasteiger partial charge in [-0.25, -0.2) is 9.97 Å². The Morgan fingerprint density at radius 1 is 1.05 bits per heavy atom. The van der Waals surface area contributed by atoms with Gasteiger partial charge in [-0.1, -0.05) is 6.07 Å². The van der Waals surface area contributed by atoms with Crippen LogP contribution < -0.4 is 10.9 Å². The number of aryl methyl sites for hydroxylation is 2. The van der Waals surface area contributed by atoms with Gasteiger partial charge in [-0.15, -0.1) is 11.8 Å². The maximum atomic E-state index is 13.2. The van der Waals surface area contributed by atoms with Gasteiger partial charge in [-0.05, 0) is 72.1 Å². The number of aromatic nitrogens is 6. The van der Waals surface area contributed by atoms with Gasteiger partial charge in [0.15, 0.2) is 0 Å². The third-order valence-corrected chi connectivity index (χ3v) is 7.54. The first-order valence-electron chi connectivity index (χ1n) is 12.4. The van der Waals surface area contributed by atoms with Gasteiger partial charge in [0.05, 0.1) is 16.6 Å². The molecule has 0 aliphatic carbocycles. The van der Waals surface area contributed by atoms with E-state index in [9.17, 15) is 9.59 Å². The highest BCUT2D eigenvalue weighted by atomic mass is 32.2. The van der Waals surface area contributed by atoms with Gasteiger partial charge >= 0.3 is 0 Å². The average Bonchev–Trinajstić information content (AvgIpc) is 3.58. The molecule has 6 rings (SSSR count). The quantitative estimate of drug-likeness (QED) is 0.291. The number of pyridine rings is 1. The molecular formula is C29H25N7O2S. The van der Waals surface area contributed by atoms with E-state index in [1.165, 1.54) is 0 Å². The highest BCUT2D eigenvalue weighted by molar-refractivity contribution is 7.98. The van der Waals surface area contributed by atoms with Crippen molar-refractivity contribution in [3.63, 3.8) is 0 Å². The van der Waals surface area contributed by atoms with Crippen molar-refractivity contribution in [1.29, 1.82) is 0 Å². The van der Waals surface area contributed by atoms with Crippen molar-refractivity contribution in [3.8, 4) is 11.1 Å². The number of hydrogen-bond donors (Lipinski definition) is 2. The number of aromatic amines is 1. The summed E-state index contributed by atoms with van der Waals surface area (Å²) in [6, 6.07) is 17.2. The molecule has 0 fully saturated rings. The van der Waals surface area contributed by atoms with Gasteiger partial charge < -0.3 is 14.7 Å². The fourth-order valence-corrected chi connectivity index (χ4v) is 5.44. The van der Waals surface area contributed by atoms with Crippen LogP contribution in [0.25, 0.3) is 27.7 Å². The maximum Gasteiger partial charge on any atom is 0.258 e. The number of benzene rings is 2. The number of carbonyl (C=O) groups excluding carboxylic acids is 1. The summed E-state index contributed by atoms with van der Waals surface area (Å²) < 4.78 is 3.70. The van der Waals surface area contributed by atoms with Gasteiger partial charge in [0, 0.05) is 54.6 Å². The molecule has 1 amide bonds. The average molecular weight is 536 g/mol. The number of thioether (sulfide) groups is 1. The summed E-state index contributed by atoms with van der Waals surface area (Å²) in [6.07, 6.45) is 7.47. The van der Waals surface area contributed by atoms with Gasteiger partial charge in [0.1, 0.15) is 11.5 Å². The predicted octanol–water partition coefficient (Wildman–Crippen LogP) is 4.50. The molecule has 6 aromatic rings. The van der Waals surface area contributed by atoms with Gasteiger partial charge in [0.25, 0.3) is 11.5 Å². The Balaban J connectivity index is 1.32. The number of hydrogen-bond acceptors (Lipinski definition) is 6. The summed E-state index contributed by atoms with van der Waals surface area (Å²) in [4.78, 5) is 38.2. The zero-order chi connectivity index (χ0) is 26.9. The van der Waals surface area contributed by atoms with Gasteiger partial charge in [-0.2, -0.15) is 5.10 Å². The van der Waals surface area contributed by atoms with Crippen LogP contribution in [-0.2, 0) is 19.3 Å². The van der Waals surface area contributed by atoms with Crippen molar-refractivity contribution in [1.82, 2.24) is 34.4 Å². The zero-order valence-corrected chi connectivity index (χ0v) is 22.2. The van der Waals surface area contributed by atoms with Crippen molar-refractivity contribution in [2.75, 3.05) is 0 Å². The Labute approximate surface area is 227 Å². The zero-order valence-electron chi connectivity index (χ0n) is 21.4. The molecule has 0 aliphatic rings. The third-order valence-electron chi connectivity index (χ3n) is 6.44. The van der Waals surface area contributed by atoms with Crippen molar-refractivity contribution >= 4 is 34.2 Å². The largest absolute Gasteiger partial charge is 0.348 e. The molecule has 0 atom stereocenters. The molecule has 0 saturated heterocycles. The monoisotopic (exact) mass is 535 g/mol. The minimum absolute atomic E-state index is 0.171. The molecule has 0 spiro atoms. The molecule has 194 valence electrons. The molecule has 0 saturated carbocycles. The van der Waals surface area contributed by atoms with Gasteiger partial charge in [0.2, 0.25) is 0 Å². The lowest BCUT2D eigenvalue weighted by molar-refractivity contribution is 0.0951. The molecule has 0 radical (unpaired) electrons. The van der Waals surface area contributed by atoms with Crippen LogP contribution in [0, 0.1) is 6.92 Å². The van der Waals surface area contributed by atoms with Crippen LogP contribution in [-0.4, -0.2) is 35.0 Å². The molecule has 10 heteroatoms. The molecule has 4 aromatic heterocycles. The third kappa shape index (κ3) is 5.19. The van der Waals surface area contributed by atoms with Crippen molar-refractivity contribution in [2.24, 2.45) is 7.05 Å². The van der Waals surface area contributed by atoms with Crippen LogP contribution in [0.3, 0.4) is 0 Å². The number of rotatable bonds is 7. The van der Waals surface area contributed by atoms with E-state index in [1.54, 1.807) is 35.6 Å². The molecule has 39 heavy (non-hydrogen) atoms. The van der Waals surface area contributed by atoms with E-state index in [0.29, 0.717) is 34.6 Å². The molecule has 4 heterocycles. The second-order valence-electron chi connectivity index (χ2n) is 9.27. The van der Waals surface area contributed by atoms with E-state index >= 15 is 0 Å². The molecular weight excluding hydrogens is 510 g/mol. The Morgan fingerprint density at radius 3 is 2.79 bits per heavy atom. The van der Waals surface area contributed by atoms with E-state index in [0.717, 1.165) is 32.9 Å². The lowest BCUT2D eigenvalue weighted by Gasteiger charge is -2.13. The lowest BCUT2D eigenvalue weighted by atomic mass is 10.0. The lowest BCUT2D eigenvalue weighted by Crippen LogP contribution is -2.22. The fourth-order valence-electron chi connectivity index (χ4n) is 4.49. The van der Waals surface area contributed by atoms with Gasteiger partial charge in [-0.3, -0.25) is 14.3 Å². The van der Waals surface area contributed by atoms with E-state index < -0.39 is 0 Å². The first kappa shape index (κ1) is 24.6. The maximum absolute atomic E-state index is 13.2. The van der Waals surface area contributed by atoms with E-state index in [2.05, 4.69) is 25.4 Å². The molecule has 0 aliphatic heterocycles. The molecule has 2 aromatic carbocycles. The topological polar surface area (TPSA) is 110 Å². The molecule has 0 unspecified atom stereocenters. The van der Waals surface area contributed by atoms with E-state index in [1.807, 2.05) is 78.6 Å². The number of fused-ring (bicyclic) bond motifs is 2. The number of imidazole rings is 1. The summed E-state index contributed by atoms with van der Waals surface area (Å²) in [5.41, 5.74) is 5.51. The second-order valence-corrected chi connectivity index (χ2v) is 10.3. The summed E-state index contributed by atoms with van der Waals surface area (Å²) >= 11 is 1.65. The minimum Gasteiger partial charge on any atom is -0.348 e. The fraction of sp³-hybridized carbons (Fsp3) is 0.138. The number of amides is 1. The molecule has 9 nitrogen and oxygen atoms in total. The normalized spacial score (nSPS) is 11.3. The predicted molar refractivity (Wildman–Crippen MR) is 152 cm³/mol. The Kier molecular flexibility index (Phi) is 6.45. The SMILES string of the molecule is Cc1nc2cc(-c3cc(C(=O)NCc4ccn5ccnc5c4)ccc3SCc3ccn(C)n3)ccc2c(=O)[nH]1. The Hall–Kier alpha value is -4.70. The number of nitrogens with zero attached hydrogens (tertiary/aromatic N) is 5. The summed E-state index contributed by atoms with van der Waals surface area (Å²) in [5, 5.41) is 8.03. The van der Waals surface area contributed by atoms with Crippen LogP contribution in [0.2, 0.25) is 0 Å². The summed E-state index contributed by atoms with van der Waals surface area (Å²) in [5.74, 6) is 1.06. The van der Waals surface area contributed by atoms with Crippen LogP contribution in [0.4, 0.5) is 0 Å². The molecule has 0 bridgehead atoms. The Morgan fingerprint density at radius 2 is 1.95 bits per heavy atom. The van der Waals surface area contributed by atoms with Crippen LogP contribution in [0.1, 0.15) is 27.4 Å². The van der Waals surface area contributed by atoms with E-state index in [-0.39, 0.29) is 11.5 Å². The van der Waals surface area contributed by atoms with Crippen LogP contribution in [0.15, 0.2) is 89.1 Å². The number of carbonyl (C=O) groups is 1. The smallest absolute Gasteiger partial charge is 0.258 e. The highest BCUT2D eigenvalue weighted by Gasteiger charge is 2.14. The van der Waals surface area contributed by atoms with Crippen molar-refractivity contribution < 1.29 is 4.79 Å². The first-order valence-corrected chi connectivity index (χ1v) is 13.4. The van der Waals surface area contributed by atoms with Crippen molar-refractivity contribution in [2.45, 2.75) is 24.1 Å². The highest BCUT2D eigenvalue weighted by Crippen LogP contribution is 2.35. The second kappa shape index (κ2) is 10.2. The summed E-state index contributed by atoms with van der Waals surface area (Å²) in [6.45, 7) is 2.15. The molecule has 2 N–H and O–H groups in total. The van der Waals surface area contributed by atoms with Crippen molar-refractivity contribution in [3.05, 3.63) is 112 Å². The first-order chi connectivity index (χ1) is 18.9. The van der Waals surface area contributed by atoms with Crippen LogP contribution in [0.5, 0.6) is 0 Å². The van der Waals surface area contributed by atoms with E-state index in [4.69, 9.17) is 0 Å². The minimum atomic E-state index is -0.174. The Bertz CT molecular complexity index is 1900. The number of H-pyrrole nitrogens is 1. The number of nitrogens with one attached hydrogen (secondary N) is 2. The van der Waals surface area contributed by atoms with Crippen LogP contribution >= 0.6 is 11.8 Å².